The maximum absolute atomic E-state index is 13.1. The standard InChI is InChI=1S/C21H28N4O5S/c1-4-30-18-11-10-15(20(22)26)14-19(18)31(28,29)24-17-9-6-5-8-16(17)21(27)23-12-7-13-25(2)3/h5-6,8-11,14,24H,4,7,12-13H2,1-3H3,(H2,22,26)(H,23,27). The molecule has 4 N–H and O–H groups in total. The van der Waals surface area contributed by atoms with Crippen LogP contribution >= 0.6 is 0 Å². The average Bonchev–Trinajstić information content (AvgIpc) is 2.71. The lowest BCUT2D eigenvalue weighted by Gasteiger charge is -2.16. The van der Waals surface area contributed by atoms with Crippen LogP contribution < -0.4 is 20.5 Å². The summed E-state index contributed by atoms with van der Waals surface area (Å²) >= 11 is 0. The van der Waals surface area contributed by atoms with Gasteiger partial charge in [0.05, 0.1) is 17.9 Å². The van der Waals surface area contributed by atoms with E-state index in [-0.39, 0.29) is 34.1 Å². The normalized spacial score (nSPS) is 11.2. The van der Waals surface area contributed by atoms with Gasteiger partial charge in [-0.2, -0.15) is 0 Å². The summed E-state index contributed by atoms with van der Waals surface area (Å²) in [5, 5.41) is 2.79. The summed E-state index contributed by atoms with van der Waals surface area (Å²) in [5.41, 5.74) is 5.61. The predicted octanol–water partition coefficient (Wildman–Crippen LogP) is 1.67. The van der Waals surface area contributed by atoms with Crippen molar-refractivity contribution in [2.45, 2.75) is 18.2 Å². The van der Waals surface area contributed by atoms with Crippen molar-refractivity contribution in [3.05, 3.63) is 53.6 Å². The Morgan fingerprint density at radius 1 is 1.13 bits per heavy atom. The third kappa shape index (κ3) is 6.69. The molecule has 10 heteroatoms. The fraction of sp³-hybridized carbons (Fsp3) is 0.333. The summed E-state index contributed by atoms with van der Waals surface area (Å²) in [6.07, 6.45) is 0.754. The van der Waals surface area contributed by atoms with E-state index in [2.05, 4.69) is 10.0 Å². The first kappa shape index (κ1) is 24.2. The molecule has 0 atom stereocenters. The van der Waals surface area contributed by atoms with E-state index in [9.17, 15) is 18.0 Å². The maximum Gasteiger partial charge on any atom is 0.265 e. The molecular weight excluding hydrogens is 420 g/mol. The van der Waals surface area contributed by atoms with Crippen LogP contribution in [0.4, 0.5) is 5.69 Å². The number of carbonyl (C=O) groups excluding carboxylic acids is 2. The number of hydrogen-bond donors (Lipinski definition) is 3. The minimum atomic E-state index is -4.18. The Hall–Kier alpha value is -3.11. The molecule has 9 nitrogen and oxygen atoms in total. The van der Waals surface area contributed by atoms with Crippen molar-refractivity contribution >= 4 is 27.5 Å². The number of nitrogens with two attached hydrogens (primary N) is 1. The van der Waals surface area contributed by atoms with Crippen LogP contribution in [0.3, 0.4) is 0 Å². The Balaban J connectivity index is 2.31. The third-order valence-electron chi connectivity index (χ3n) is 4.30. The Morgan fingerprint density at radius 2 is 1.84 bits per heavy atom. The number of para-hydroxylation sites is 1. The Kier molecular flexibility index (Phi) is 8.40. The van der Waals surface area contributed by atoms with E-state index in [0.29, 0.717) is 6.54 Å². The fourth-order valence-electron chi connectivity index (χ4n) is 2.81. The molecule has 0 saturated carbocycles. The van der Waals surface area contributed by atoms with Crippen molar-refractivity contribution < 1.29 is 22.7 Å². The molecule has 0 aliphatic heterocycles. The summed E-state index contributed by atoms with van der Waals surface area (Å²) in [6.45, 7) is 3.20. The predicted molar refractivity (Wildman–Crippen MR) is 119 cm³/mol. The van der Waals surface area contributed by atoms with Gasteiger partial charge in [0, 0.05) is 12.1 Å². The summed E-state index contributed by atoms with van der Waals surface area (Å²) in [6, 6.07) is 10.2. The summed E-state index contributed by atoms with van der Waals surface area (Å²) in [7, 11) is -0.304. The number of rotatable bonds is 11. The van der Waals surface area contributed by atoms with Gasteiger partial charge in [0.25, 0.3) is 15.9 Å². The number of hydrogen-bond acceptors (Lipinski definition) is 6. The van der Waals surface area contributed by atoms with E-state index < -0.39 is 21.8 Å². The molecule has 2 aromatic carbocycles. The zero-order chi connectivity index (χ0) is 23.0. The number of anilines is 1. The van der Waals surface area contributed by atoms with Gasteiger partial charge in [0.2, 0.25) is 5.91 Å². The molecule has 31 heavy (non-hydrogen) atoms. The molecule has 0 aliphatic carbocycles. The van der Waals surface area contributed by atoms with E-state index in [0.717, 1.165) is 19.0 Å². The Bertz CT molecular complexity index is 1040. The molecule has 0 aromatic heterocycles. The molecule has 0 fully saturated rings. The van der Waals surface area contributed by atoms with E-state index >= 15 is 0 Å². The number of amides is 2. The van der Waals surface area contributed by atoms with Gasteiger partial charge in [-0.15, -0.1) is 0 Å². The van der Waals surface area contributed by atoms with Gasteiger partial charge >= 0.3 is 0 Å². The minimum Gasteiger partial charge on any atom is -0.492 e. The Morgan fingerprint density at radius 3 is 2.48 bits per heavy atom. The fourth-order valence-corrected chi connectivity index (χ4v) is 4.06. The van der Waals surface area contributed by atoms with E-state index in [4.69, 9.17) is 10.5 Å². The second-order valence-electron chi connectivity index (χ2n) is 7.02. The van der Waals surface area contributed by atoms with Crippen molar-refractivity contribution in [2.24, 2.45) is 5.73 Å². The van der Waals surface area contributed by atoms with Gasteiger partial charge in [0.1, 0.15) is 10.6 Å². The van der Waals surface area contributed by atoms with Crippen LogP contribution in [-0.2, 0) is 10.0 Å². The van der Waals surface area contributed by atoms with Gasteiger partial charge in [0.15, 0.2) is 0 Å². The molecule has 0 radical (unpaired) electrons. The zero-order valence-corrected chi connectivity index (χ0v) is 18.7. The third-order valence-corrected chi connectivity index (χ3v) is 5.69. The second kappa shape index (κ2) is 10.8. The SMILES string of the molecule is CCOc1ccc(C(N)=O)cc1S(=O)(=O)Nc1ccccc1C(=O)NCCCN(C)C. The van der Waals surface area contributed by atoms with Gasteiger partial charge in [-0.05, 0) is 64.3 Å². The lowest BCUT2D eigenvalue weighted by molar-refractivity contribution is 0.0951. The van der Waals surface area contributed by atoms with Crippen molar-refractivity contribution in [1.29, 1.82) is 0 Å². The first-order valence-corrected chi connectivity index (χ1v) is 11.3. The highest BCUT2D eigenvalue weighted by Gasteiger charge is 2.23. The van der Waals surface area contributed by atoms with Crippen LogP contribution in [0.1, 0.15) is 34.1 Å². The van der Waals surface area contributed by atoms with Gasteiger partial charge in [-0.25, -0.2) is 8.42 Å². The minimum absolute atomic E-state index is 0.0238. The van der Waals surface area contributed by atoms with Gasteiger partial charge in [-0.1, -0.05) is 12.1 Å². The van der Waals surface area contributed by atoms with Crippen molar-refractivity contribution in [2.75, 3.05) is 38.5 Å². The average molecular weight is 449 g/mol. The number of primary amides is 1. The van der Waals surface area contributed by atoms with Crippen molar-refractivity contribution in [3.63, 3.8) is 0 Å². The molecule has 0 unspecified atom stereocenters. The number of ether oxygens (including phenoxy) is 1. The van der Waals surface area contributed by atoms with Crippen LogP contribution in [-0.4, -0.2) is 58.9 Å². The maximum atomic E-state index is 13.1. The molecule has 2 rings (SSSR count). The zero-order valence-electron chi connectivity index (χ0n) is 17.8. The van der Waals surface area contributed by atoms with Crippen LogP contribution in [0.5, 0.6) is 5.75 Å². The summed E-state index contributed by atoms with van der Waals surface area (Å²) in [4.78, 5) is 25.9. The molecule has 0 heterocycles. The van der Waals surface area contributed by atoms with Crippen molar-refractivity contribution in [1.82, 2.24) is 10.2 Å². The van der Waals surface area contributed by atoms with Crippen LogP contribution in [0, 0.1) is 0 Å². The monoisotopic (exact) mass is 448 g/mol. The first-order valence-electron chi connectivity index (χ1n) is 9.77. The number of sulfonamides is 1. The molecule has 0 bridgehead atoms. The highest BCUT2D eigenvalue weighted by Crippen LogP contribution is 2.28. The number of nitrogens with zero attached hydrogens (tertiary/aromatic N) is 1. The second-order valence-corrected chi connectivity index (χ2v) is 8.67. The molecule has 0 aliphatic rings. The van der Waals surface area contributed by atoms with Crippen LogP contribution in [0.2, 0.25) is 0 Å². The number of benzene rings is 2. The van der Waals surface area contributed by atoms with Crippen LogP contribution in [0.15, 0.2) is 47.4 Å². The lowest BCUT2D eigenvalue weighted by atomic mass is 10.1. The smallest absolute Gasteiger partial charge is 0.265 e. The number of nitrogens with one attached hydrogen (secondary N) is 2. The van der Waals surface area contributed by atoms with Gasteiger partial charge in [-0.3, -0.25) is 14.3 Å². The molecule has 2 aromatic rings. The number of carbonyl (C=O) groups is 2. The topological polar surface area (TPSA) is 131 Å². The first-order chi connectivity index (χ1) is 14.7. The van der Waals surface area contributed by atoms with Gasteiger partial charge < -0.3 is 20.7 Å². The van der Waals surface area contributed by atoms with E-state index in [1.165, 1.54) is 24.3 Å². The van der Waals surface area contributed by atoms with Crippen molar-refractivity contribution in [3.8, 4) is 5.75 Å². The van der Waals surface area contributed by atoms with E-state index in [1.54, 1.807) is 19.1 Å². The lowest BCUT2D eigenvalue weighted by Crippen LogP contribution is -2.28. The largest absolute Gasteiger partial charge is 0.492 e. The van der Waals surface area contributed by atoms with Crippen LogP contribution in [0.25, 0.3) is 0 Å². The Labute approximate surface area is 182 Å². The summed E-state index contributed by atoms with van der Waals surface area (Å²) in [5.74, 6) is -1.09. The quantitative estimate of drug-likeness (QED) is 0.448. The highest BCUT2D eigenvalue weighted by molar-refractivity contribution is 7.92. The molecule has 168 valence electrons. The molecule has 0 saturated heterocycles. The van der Waals surface area contributed by atoms with E-state index in [1.807, 2.05) is 19.0 Å². The molecule has 0 spiro atoms. The molecule has 2 amide bonds. The highest BCUT2D eigenvalue weighted by atomic mass is 32.2. The molecular formula is C21H28N4O5S. The summed E-state index contributed by atoms with van der Waals surface area (Å²) < 4.78 is 34.0.